The molecule has 1 heterocycles. The molecule has 3 atom stereocenters. The van der Waals surface area contributed by atoms with E-state index in [2.05, 4.69) is 57.6 Å². The number of fused-ring (bicyclic) bond motifs is 2. The Morgan fingerprint density at radius 1 is 0.897 bits per heavy atom. The summed E-state index contributed by atoms with van der Waals surface area (Å²) < 4.78 is 0. The third-order valence-corrected chi connectivity index (χ3v) is 7.17. The maximum absolute atomic E-state index is 12.6. The van der Waals surface area contributed by atoms with Crippen LogP contribution in [0.25, 0.3) is 0 Å². The number of carbonyl (C=O) groups excluding carboxylic acids is 1. The average Bonchev–Trinajstić information content (AvgIpc) is 3.39. The highest BCUT2D eigenvalue weighted by Gasteiger charge is 2.40. The van der Waals surface area contributed by atoms with Crippen molar-refractivity contribution >= 4 is 11.6 Å². The van der Waals surface area contributed by atoms with Crippen molar-refractivity contribution in [2.24, 2.45) is 11.8 Å². The van der Waals surface area contributed by atoms with Crippen LogP contribution < -0.4 is 10.2 Å². The van der Waals surface area contributed by atoms with Gasteiger partial charge in [0.2, 0.25) is 0 Å². The number of rotatable bonds is 5. The second-order valence-electron chi connectivity index (χ2n) is 9.05. The zero-order valence-electron chi connectivity index (χ0n) is 17.1. The summed E-state index contributed by atoms with van der Waals surface area (Å²) in [5.41, 5.74) is 3.40. The van der Waals surface area contributed by atoms with Gasteiger partial charge in [0.1, 0.15) is 0 Å². The van der Waals surface area contributed by atoms with Gasteiger partial charge in [-0.05, 0) is 60.9 Å². The number of nitrogens with zero attached hydrogens (tertiary/aromatic N) is 2. The van der Waals surface area contributed by atoms with Gasteiger partial charge < -0.3 is 10.2 Å². The first-order chi connectivity index (χ1) is 14.2. The minimum atomic E-state index is 0.102. The van der Waals surface area contributed by atoms with Crippen molar-refractivity contribution in [1.29, 1.82) is 0 Å². The van der Waals surface area contributed by atoms with E-state index in [9.17, 15) is 4.79 Å². The third kappa shape index (κ3) is 4.18. The van der Waals surface area contributed by atoms with E-state index in [1.165, 1.54) is 36.9 Å². The molecule has 4 heteroatoms. The van der Waals surface area contributed by atoms with Crippen LogP contribution in [0.2, 0.25) is 0 Å². The van der Waals surface area contributed by atoms with Gasteiger partial charge in [0.15, 0.2) is 0 Å². The van der Waals surface area contributed by atoms with Crippen molar-refractivity contribution in [3.63, 3.8) is 0 Å². The standard InChI is InChI=1S/C25H31N3O/c29-25(26-24-17-20-8-11-22(24)16-20)21-9-6-19(7-10-21)18-27-12-14-28(15-13-27)23-4-2-1-3-5-23/h1-7,9-10,20,22,24H,8,11-18H2,(H,26,29)/t20-,22+,24+/m0/s1. The first-order valence-electron chi connectivity index (χ1n) is 11.2. The molecule has 0 unspecified atom stereocenters. The Morgan fingerprint density at radius 3 is 2.31 bits per heavy atom. The highest BCUT2D eigenvalue weighted by Crippen LogP contribution is 2.44. The quantitative estimate of drug-likeness (QED) is 0.842. The number of para-hydroxylation sites is 1. The summed E-state index contributed by atoms with van der Waals surface area (Å²) in [6.07, 6.45) is 5.17. The molecule has 2 saturated carbocycles. The molecule has 1 N–H and O–H groups in total. The number of piperazine rings is 1. The number of hydrogen-bond acceptors (Lipinski definition) is 3. The number of anilines is 1. The van der Waals surface area contributed by atoms with E-state index in [1.54, 1.807) is 0 Å². The summed E-state index contributed by atoms with van der Waals surface area (Å²) in [6, 6.07) is 19.3. The summed E-state index contributed by atoms with van der Waals surface area (Å²) in [5, 5.41) is 3.29. The monoisotopic (exact) mass is 389 g/mol. The zero-order chi connectivity index (χ0) is 19.6. The molecule has 0 spiro atoms. The van der Waals surface area contributed by atoms with E-state index in [0.29, 0.717) is 6.04 Å². The minimum Gasteiger partial charge on any atom is -0.369 e. The lowest BCUT2D eigenvalue weighted by atomic mass is 9.95. The van der Waals surface area contributed by atoms with E-state index >= 15 is 0 Å². The normalized spacial score (nSPS) is 26.6. The molecule has 4 nitrogen and oxygen atoms in total. The molecule has 29 heavy (non-hydrogen) atoms. The Balaban J connectivity index is 1.12. The van der Waals surface area contributed by atoms with E-state index in [4.69, 9.17) is 0 Å². The molecule has 0 radical (unpaired) electrons. The van der Waals surface area contributed by atoms with Gasteiger partial charge in [-0.1, -0.05) is 36.8 Å². The van der Waals surface area contributed by atoms with Gasteiger partial charge >= 0.3 is 0 Å². The van der Waals surface area contributed by atoms with Crippen LogP contribution in [-0.2, 0) is 6.54 Å². The molecule has 5 rings (SSSR count). The first-order valence-corrected chi connectivity index (χ1v) is 11.2. The summed E-state index contributed by atoms with van der Waals surface area (Å²) in [6.45, 7) is 5.22. The molecule has 3 aliphatic rings. The van der Waals surface area contributed by atoms with Crippen molar-refractivity contribution < 1.29 is 4.79 Å². The molecule has 3 fully saturated rings. The molecule has 1 saturated heterocycles. The lowest BCUT2D eigenvalue weighted by molar-refractivity contribution is 0.0923. The van der Waals surface area contributed by atoms with E-state index < -0.39 is 0 Å². The summed E-state index contributed by atoms with van der Waals surface area (Å²) >= 11 is 0. The number of carbonyl (C=O) groups is 1. The van der Waals surface area contributed by atoms with E-state index in [-0.39, 0.29) is 5.91 Å². The lowest BCUT2D eigenvalue weighted by Gasteiger charge is -2.36. The smallest absolute Gasteiger partial charge is 0.251 e. The number of amides is 1. The Hall–Kier alpha value is -2.33. The Labute approximate surface area is 173 Å². The summed E-state index contributed by atoms with van der Waals surface area (Å²) in [5.74, 6) is 1.68. The van der Waals surface area contributed by atoms with Gasteiger partial charge in [0.25, 0.3) is 5.91 Å². The molecule has 1 amide bonds. The fourth-order valence-electron chi connectivity index (χ4n) is 5.50. The number of hydrogen-bond donors (Lipinski definition) is 1. The fourth-order valence-corrected chi connectivity index (χ4v) is 5.50. The van der Waals surface area contributed by atoms with Crippen molar-refractivity contribution in [3.8, 4) is 0 Å². The average molecular weight is 390 g/mol. The molecule has 152 valence electrons. The number of nitrogens with one attached hydrogen (secondary N) is 1. The van der Waals surface area contributed by atoms with Crippen LogP contribution in [0.15, 0.2) is 54.6 Å². The summed E-state index contributed by atoms with van der Waals surface area (Å²) in [7, 11) is 0. The highest BCUT2D eigenvalue weighted by molar-refractivity contribution is 5.94. The molecule has 0 aromatic heterocycles. The molecular weight excluding hydrogens is 358 g/mol. The van der Waals surface area contributed by atoms with Crippen LogP contribution in [0.1, 0.15) is 41.6 Å². The fraction of sp³-hybridized carbons (Fsp3) is 0.480. The van der Waals surface area contributed by atoms with Crippen LogP contribution in [0.3, 0.4) is 0 Å². The van der Waals surface area contributed by atoms with Crippen molar-refractivity contribution in [3.05, 3.63) is 65.7 Å². The third-order valence-electron chi connectivity index (χ3n) is 7.17. The summed E-state index contributed by atoms with van der Waals surface area (Å²) in [4.78, 5) is 17.6. The van der Waals surface area contributed by atoms with E-state index in [0.717, 1.165) is 50.1 Å². The van der Waals surface area contributed by atoms with Crippen molar-refractivity contribution in [1.82, 2.24) is 10.2 Å². The van der Waals surface area contributed by atoms with Crippen LogP contribution in [0, 0.1) is 11.8 Å². The molecule has 2 aromatic rings. The molecule has 2 aliphatic carbocycles. The molecule has 1 aliphatic heterocycles. The van der Waals surface area contributed by atoms with Gasteiger partial charge in [-0.3, -0.25) is 9.69 Å². The molecular formula is C25H31N3O. The van der Waals surface area contributed by atoms with Crippen molar-refractivity contribution in [2.45, 2.75) is 38.3 Å². The SMILES string of the molecule is O=C(N[C@@H]1C[C@H]2CC[C@@H]1C2)c1ccc(CN2CCN(c3ccccc3)CC2)cc1. The highest BCUT2D eigenvalue weighted by atomic mass is 16.1. The zero-order valence-corrected chi connectivity index (χ0v) is 17.1. The van der Waals surface area contributed by atoms with Crippen LogP contribution in [0.5, 0.6) is 0 Å². The van der Waals surface area contributed by atoms with Gasteiger partial charge in [0, 0.05) is 50.0 Å². The predicted octanol–water partition coefficient (Wildman–Crippen LogP) is 3.93. The topological polar surface area (TPSA) is 35.6 Å². The van der Waals surface area contributed by atoms with Crippen LogP contribution >= 0.6 is 0 Å². The molecule has 2 bridgehead atoms. The molecule has 2 aromatic carbocycles. The Morgan fingerprint density at radius 2 is 1.66 bits per heavy atom. The van der Waals surface area contributed by atoms with Crippen molar-refractivity contribution in [2.75, 3.05) is 31.1 Å². The Kier molecular flexibility index (Phi) is 5.28. The minimum absolute atomic E-state index is 0.102. The largest absolute Gasteiger partial charge is 0.369 e. The van der Waals surface area contributed by atoms with Gasteiger partial charge in [0.05, 0.1) is 0 Å². The first kappa shape index (κ1) is 18.7. The van der Waals surface area contributed by atoms with Crippen LogP contribution in [0.4, 0.5) is 5.69 Å². The maximum Gasteiger partial charge on any atom is 0.251 e. The second kappa shape index (κ2) is 8.19. The predicted molar refractivity (Wildman–Crippen MR) is 117 cm³/mol. The maximum atomic E-state index is 12.6. The Bertz CT molecular complexity index is 827. The lowest BCUT2D eigenvalue weighted by Crippen LogP contribution is -2.45. The second-order valence-corrected chi connectivity index (χ2v) is 9.05. The van der Waals surface area contributed by atoms with Gasteiger partial charge in [-0.25, -0.2) is 0 Å². The van der Waals surface area contributed by atoms with Gasteiger partial charge in [-0.15, -0.1) is 0 Å². The number of benzene rings is 2. The van der Waals surface area contributed by atoms with E-state index in [1.807, 2.05) is 12.1 Å². The van der Waals surface area contributed by atoms with Crippen LogP contribution in [-0.4, -0.2) is 43.0 Å². The van der Waals surface area contributed by atoms with Gasteiger partial charge in [-0.2, -0.15) is 0 Å².